The van der Waals surface area contributed by atoms with E-state index in [1.807, 2.05) is 50.2 Å². The predicted octanol–water partition coefficient (Wildman–Crippen LogP) is 1.74. The van der Waals surface area contributed by atoms with Gasteiger partial charge in [-0.2, -0.15) is 4.68 Å². The molecular formula is C18H19N5O2. The molecule has 0 saturated heterocycles. The van der Waals surface area contributed by atoms with Crippen molar-refractivity contribution in [2.75, 3.05) is 6.61 Å². The van der Waals surface area contributed by atoms with E-state index in [1.54, 1.807) is 6.07 Å². The first-order valence-corrected chi connectivity index (χ1v) is 7.92. The molecule has 0 spiro atoms. The summed E-state index contributed by atoms with van der Waals surface area (Å²) in [5.41, 5.74) is 3.87. The van der Waals surface area contributed by atoms with Crippen molar-refractivity contribution >= 4 is 5.91 Å². The van der Waals surface area contributed by atoms with Crippen molar-refractivity contribution in [1.82, 2.24) is 25.5 Å². The zero-order chi connectivity index (χ0) is 17.8. The highest BCUT2D eigenvalue weighted by Crippen LogP contribution is 2.22. The van der Waals surface area contributed by atoms with Gasteiger partial charge >= 0.3 is 0 Å². The Kier molecular flexibility index (Phi) is 4.85. The van der Waals surface area contributed by atoms with E-state index in [4.69, 9.17) is 0 Å². The molecule has 2 aromatic carbocycles. The number of carbonyl (C=O) groups is 1. The zero-order valence-electron chi connectivity index (χ0n) is 14.0. The standard InChI is InChI=1S/C18H19N5O2/c1-12-8-9-15(17(13(12)2)23-11-19-21-22-23)18(25)20-16(10-24)14-6-4-3-5-7-14/h3-9,11,16,24H,10H2,1-2H3,(H,20,25). The number of tetrazole rings is 1. The van der Waals surface area contributed by atoms with Crippen molar-refractivity contribution < 1.29 is 9.90 Å². The molecule has 1 heterocycles. The fourth-order valence-electron chi connectivity index (χ4n) is 2.70. The van der Waals surface area contributed by atoms with E-state index >= 15 is 0 Å². The summed E-state index contributed by atoms with van der Waals surface area (Å²) in [7, 11) is 0. The smallest absolute Gasteiger partial charge is 0.254 e. The van der Waals surface area contributed by atoms with Crippen LogP contribution in [-0.2, 0) is 0 Å². The Morgan fingerprint density at radius 3 is 2.60 bits per heavy atom. The molecule has 1 atom stereocenters. The Morgan fingerprint density at radius 1 is 1.20 bits per heavy atom. The second-order valence-electron chi connectivity index (χ2n) is 5.78. The van der Waals surface area contributed by atoms with Gasteiger partial charge in [0.2, 0.25) is 0 Å². The highest BCUT2D eigenvalue weighted by molar-refractivity contribution is 5.98. The number of carbonyl (C=O) groups excluding carboxylic acids is 1. The number of aromatic nitrogens is 4. The molecular weight excluding hydrogens is 318 g/mol. The van der Waals surface area contributed by atoms with Gasteiger partial charge in [-0.05, 0) is 47.0 Å². The summed E-state index contributed by atoms with van der Waals surface area (Å²) in [6.45, 7) is 3.69. The number of rotatable bonds is 5. The third-order valence-electron chi connectivity index (χ3n) is 4.21. The van der Waals surface area contributed by atoms with E-state index in [0.29, 0.717) is 11.3 Å². The number of aliphatic hydroxyl groups excluding tert-OH is 1. The predicted molar refractivity (Wildman–Crippen MR) is 92.4 cm³/mol. The fourth-order valence-corrected chi connectivity index (χ4v) is 2.70. The quantitative estimate of drug-likeness (QED) is 0.740. The number of aryl methyl sites for hydroxylation is 1. The molecule has 128 valence electrons. The summed E-state index contributed by atoms with van der Waals surface area (Å²) < 4.78 is 1.48. The first-order chi connectivity index (χ1) is 12.1. The molecule has 1 amide bonds. The minimum absolute atomic E-state index is 0.194. The first kappa shape index (κ1) is 16.8. The Bertz CT molecular complexity index is 863. The van der Waals surface area contributed by atoms with E-state index in [-0.39, 0.29) is 12.5 Å². The highest BCUT2D eigenvalue weighted by Gasteiger charge is 2.20. The van der Waals surface area contributed by atoms with Crippen molar-refractivity contribution in [2.24, 2.45) is 0 Å². The van der Waals surface area contributed by atoms with Crippen molar-refractivity contribution in [3.05, 3.63) is 71.0 Å². The van der Waals surface area contributed by atoms with Crippen molar-refractivity contribution in [3.63, 3.8) is 0 Å². The average Bonchev–Trinajstić information content (AvgIpc) is 3.16. The summed E-state index contributed by atoms with van der Waals surface area (Å²) in [6.07, 6.45) is 1.46. The van der Waals surface area contributed by atoms with Crippen LogP contribution in [0, 0.1) is 13.8 Å². The van der Waals surface area contributed by atoms with Crippen LogP contribution in [0.25, 0.3) is 5.69 Å². The van der Waals surface area contributed by atoms with Crippen LogP contribution in [0.15, 0.2) is 48.8 Å². The van der Waals surface area contributed by atoms with Gasteiger partial charge in [0.1, 0.15) is 6.33 Å². The molecule has 1 aromatic heterocycles. The summed E-state index contributed by atoms with van der Waals surface area (Å²) in [4.78, 5) is 12.9. The van der Waals surface area contributed by atoms with Crippen LogP contribution in [0.3, 0.4) is 0 Å². The van der Waals surface area contributed by atoms with E-state index in [2.05, 4.69) is 20.8 Å². The van der Waals surface area contributed by atoms with Gasteiger partial charge in [-0.3, -0.25) is 4.79 Å². The molecule has 0 radical (unpaired) electrons. The molecule has 0 aliphatic heterocycles. The Balaban J connectivity index is 1.96. The summed E-state index contributed by atoms with van der Waals surface area (Å²) in [6, 6.07) is 12.5. The van der Waals surface area contributed by atoms with Crippen LogP contribution in [0.4, 0.5) is 0 Å². The highest BCUT2D eigenvalue weighted by atomic mass is 16.3. The molecule has 3 aromatic rings. The maximum Gasteiger partial charge on any atom is 0.254 e. The van der Waals surface area contributed by atoms with Gasteiger partial charge in [-0.25, -0.2) is 0 Å². The lowest BCUT2D eigenvalue weighted by atomic mass is 10.0. The SMILES string of the molecule is Cc1ccc(C(=O)NC(CO)c2ccccc2)c(-n2cnnn2)c1C. The van der Waals surface area contributed by atoms with Crippen molar-refractivity contribution in [1.29, 1.82) is 0 Å². The maximum atomic E-state index is 12.9. The lowest BCUT2D eigenvalue weighted by Crippen LogP contribution is -2.31. The molecule has 0 bridgehead atoms. The number of amides is 1. The van der Waals surface area contributed by atoms with Gasteiger partial charge in [0, 0.05) is 0 Å². The van der Waals surface area contributed by atoms with Gasteiger partial charge in [-0.1, -0.05) is 36.4 Å². The second kappa shape index (κ2) is 7.23. The lowest BCUT2D eigenvalue weighted by molar-refractivity contribution is 0.0916. The van der Waals surface area contributed by atoms with Crippen molar-refractivity contribution in [2.45, 2.75) is 19.9 Å². The van der Waals surface area contributed by atoms with E-state index in [9.17, 15) is 9.90 Å². The third kappa shape index (κ3) is 3.41. The van der Waals surface area contributed by atoms with Gasteiger partial charge in [0.15, 0.2) is 0 Å². The number of hydrogen-bond donors (Lipinski definition) is 2. The molecule has 2 N–H and O–H groups in total. The number of nitrogens with one attached hydrogen (secondary N) is 1. The van der Waals surface area contributed by atoms with Crippen LogP contribution in [0.1, 0.15) is 33.1 Å². The number of nitrogens with zero attached hydrogens (tertiary/aromatic N) is 4. The first-order valence-electron chi connectivity index (χ1n) is 7.92. The molecule has 0 saturated carbocycles. The number of aliphatic hydroxyl groups is 1. The fraction of sp³-hybridized carbons (Fsp3) is 0.222. The molecule has 7 heteroatoms. The number of benzene rings is 2. The van der Waals surface area contributed by atoms with E-state index in [1.165, 1.54) is 11.0 Å². The molecule has 0 fully saturated rings. The minimum Gasteiger partial charge on any atom is -0.394 e. The van der Waals surface area contributed by atoms with E-state index < -0.39 is 6.04 Å². The second-order valence-corrected chi connectivity index (χ2v) is 5.78. The Hall–Kier alpha value is -3.06. The van der Waals surface area contributed by atoms with Gasteiger partial charge in [0.05, 0.1) is 23.9 Å². The normalized spacial score (nSPS) is 12.0. The Labute approximate surface area is 145 Å². The van der Waals surface area contributed by atoms with Crippen LogP contribution < -0.4 is 5.32 Å². The lowest BCUT2D eigenvalue weighted by Gasteiger charge is -2.19. The maximum absolute atomic E-state index is 12.9. The number of hydrogen-bond acceptors (Lipinski definition) is 5. The largest absolute Gasteiger partial charge is 0.394 e. The van der Waals surface area contributed by atoms with Crippen LogP contribution >= 0.6 is 0 Å². The van der Waals surface area contributed by atoms with Crippen LogP contribution in [-0.4, -0.2) is 37.8 Å². The minimum atomic E-state index is -0.489. The van der Waals surface area contributed by atoms with Gasteiger partial charge in [-0.15, -0.1) is 5.10 Å². The topological polar surface area (TPSA) is 92.9 Å². The van der Waals surface area contributed by atoms with E-state index in [0.717, 1.165) is 16.7 Å². The van der Waals surface area contributed by atoms with Gasteiger partial charge < -0.3 is 10.4 Å². The molecule has 3 rings (SSSR count). The van der Waals surface area contributed by atoms with Gasteiger partial charge in [0.25, 0.3) is 5.91 Å². The van der Waals surface area contributed by atoms with Crippen molar-refractivity contribution in [3.8, 4) is 5.69 Å². The Morgan fingerprint density at radius 2 is 1.96 bits per heavy atom. The zero-order valence-corrected chi connectivity index (χ0v) is 14.0. The molecule has 25 heavy (non-hydrogen) atoms. The summed E-state index contributed by atoms with van der Waals surface area (Å²) in [5.74, 6) is -0.295. The third-order valence-corrected chi connectivity index (χ3v) is 4.21. The summed E-state index contributed by atoms with van der Waals surface area (Å²) in [5, 5.41) is 23.8. The average molecular weight is 337 g/mol. The van der Waals surface area contributed by atoms with Crippen LogP contribution in [0.2, 0.25) is 0 Å². The van der Waals surface area contributed by atoms with Crippen LogP contribution in [0.5, 0.6) is 0 Å². The molecule has 0 aliphatic rings. The monoisotopic (exact) mass is 337 g/mol. The molecule has 7 nitrogen and oxygen atoms in total. The molecule has 1 unspecified atom stereocenters. The molecule has 0 aliphatic carbocycles. The summed E-state index contributed by atoms with van der Waals surface area (Å²) >= 11 is 0.